The van der Waals surface area contributed by atoms with Gasteiger partial charge in [-0.2, -0.15) is 0 Å². The molecule has 1 aromatic carbocycles. The molecule has 1 rings (SSSR count). The van der Waals surface area contributed by atoms with E-state index in [1.54, 1.807) is 0 Å². The van der Waals surface area contributed by atoms with Crippen LogP contribution < -0.4 is 11.1 Å². The Labute approximate surface area is 96.0 Å². The van der Waals surface area contributed by atoms with Gasteiger partial charge in [0.2, 0.25) is 5.91 Å². The van der Waals surface area contributed by atoms with Crippen LogP contribution in [0, 0.1) is 0 Å². The Kier molecular flexibility index (Phi) is 4.48. The van der Waals surface area contributed by atoms with E-state index in [9.17, 15) is 4.79 Å². The number of amides is 1. The molecule has 3 nitrogen and oxygen atoms in total. The van der Waals surface area contributed by atoms with Crippen LogP contribution >= 0.6 is 11.6 Å². The zero-order chi connectivity index (χ0) is 12.0. The lowest BCUT2D eigenvalue weighted by Crippen LogP contribution is -2.29. The minimum Gasteiger partial charge on any atom is -0.369 e. The van der Waals surface area contributed by atoms with Gasteiger partial charge in [0.25, 0.3) is 0 Å². The van der Waals surface area contributed by atoms with Crippen molar-refractivity contribution < 1.29 is 6.17 Å². The Hall–Kier alpha value is -1.06. The van der Waals surface area contributed by atoms with E-state index in [0.29, 0.717) is 11.4 Å². The molecule has 0 saturated carbocycles. The van der Waals surface area contributed by atoms with Crippen LogP contribution in [-0.2, 0) is 11.2 Å². The number of aryl methyl sites for hydroxylation is 1. The smallest absolute Gasteiger partial charge is 0.231 e. The second-order valence-electron chi connectivity index (χ2n) is 3.22. The first-order valence-electron chi connectivity index (χ1n) is 5.34. The minimum atomic E-state index is -0.469. The molecule has 0 radical (unpaired) electrons. The highest BCUT2D eigenvalue weighted by Gasteiger charge is 1.95. The second kappa shape index (κ2) is 6.43. The number of carbonyl (C=O) groups is 1. The standard InChI is InChI=1S/C11H15ClN2O/c12-10-5-3-9(4-6-10)2-1-7-14-8-11(13)15/h3-6,14H,1-2,7-8H2,(H2,13,15)/i7D/t7-/m1/s1. The zero-order valence-corrected chi connectivity index (χ0v) is 9.13. The van der Waals surface area contributed by atoms with E-state index in [2.05, 4.69) is 5.32 Å². The summed E-state index contributed by atoms with van der Waals surface area (Å²) in [5.41, 5.74) is 6.09. The normalized spacial score (nSPS) is 13.3. The summed E-state index contributed by atoms with van der Waals surface area (Å²) in [4.78, 5) is 10.5. The van der Waals surface area contributed by atoms with E-state index in [0.717, 1.165) is 12.0 Å². The molecule has 0 bridgehead atoms. The van der Waals surface area contributed by atoms with Gasteiger partial charge >= 0.3 is 0 Å². The molecule has 0 spiro atoms. The Bertz CT molecular complexity index is 342. The molecular formula is C11H15ClN2O. The largest absolute Gasteiger partial charge is 0.369 e. The molecule has 0 fully saturated rings. The van der Waals surface area contributed by atoms with Crippen molar-refractivity contribution in [3.8, 4) is 0 Å². The van der Waals surface area contributed by atoms with Crippen molar-refractivity contribution in [3.63, 3.8) is 0 Å². The van der Waals surface area contributed by atoms with Crippen molar-refractivity contribution in [2.45, 2.75) is 12.8 Å². The van der Waals surface area contributed by atoms with Crippen molar-refractivity contribution in [1.29, 1.82) is 0 Å². The second-order valence-corrected chi connectivity index (χ2v) is 3.65. The molecule has 82 valence electrons. The predicted octanol–water partition coefficient (Wildman–Crippen LogP) is 1.35. The van der Waals surface area contributed by atoms with E-state index in [-0.39, 0.29) is 6.54 Å². The topological polar surface area (TPSA) is 55.1 Å². The first-order chi connectivity index (χ1) is 7.58. The molecule has 0 saturated heterocycles. The van der Waals surface area contributed by atoms with Crippen LogP contribution in [0.4, 0.5) is 0 Å². The molecule has 0 heterocycles. The average molecular weight is 228 g/mol. The van der Waals surface area contributed by atoms with Crippen molar-refractivity contribution in [2.75, 3.05) is 13.1 Å². The fraction of sp³-hybridized carbons (Fsp3) is 0.364. The lowest BCUT2D eigenvalue weighted by Gasteiger charge is -2.02. The molecule has 0 aliphatic rings. The van der Waals surface area contributed by atoms with Crippen LogP contribution in [0.25, 0.3) is 0 Å². The van der Waals surface area contributed by atoms with Crippen LogP contribution in [-0.4, -0.2) is 19.0 Å². The molecular weight excluding hydrogens is 212 g/mol. The number of hydrogen-bond acceptors (Lipinski definition) is 2. The summed E-state index contributed by atoms with van der Waals surface area (Å²) in [7, 11) is 0. The van der Waals surface area contributed by atoms with Gasteiger partial charge in [-0.25, -0.2) is 0 Å². The molecule has 0 aliphatic carbocycles. The van der Waals surface area contributed by atoms with Gasteiger partial charge in [-0.05, 0) is 37.1 Å². The van der Waals surface area contributed by atoms with Crippen molar-refractivity contribution in [1.82, 2.24) is 5.32 Å². The number of benzene rings is 1. The molecule has 0 aromatic heterocycles. The predicted molar refractivity (Wildman–Crippen MR) is 61.8 cm³/mol. The van der Waals surface area contributed by atoms with E-state index in [4.69, 9.17) is 18.7 Å². The average Bonchev–Trinajstić information content (AvgIpc) is 2.25. The van der Waals surface area contributed by atoms with Crippen LogP contribution in [0.1, 0.15) is 13.4 Å². The molecule has 1 aromatic rings. The van der Waals surface area contributed by atoms with Crippen LogP contribution in [0.2, 0.25) is 5.02 Å². The van der Waals surface area contributed by atoms with Crippen molar-refractivity contribution in [3.05, 3.63) is 34.9 Å². The quantitative estimate of drug-likeness (QED) is 0.771. The molecule has 0 aliphatic heterocycles. The molecule has 3 N–H and O–H groups in total. The lowest BCUT2D eigenvalue weighted by atomic mass is 10.1. The third-order valence-electron chi connectivity index (χ3n) is 1.91. The Morgan fingerprint density at radius 3 is 2.73 bits per heavy atom. The molecule has 0 unspecified atom stereocenters. The van der Waals surface area contributed by atoms with Crippen LogP contribution in [0.15, 0.2) is 24.3 Å². The zero-order valence-electron chi connectivity index (χ0n) is 9.37. The first-order valence-corrected chi connectivity index (χ1v) is 5.14. The van der Waals surface area contributed by atoms with E-state index in [1.807, 2.05) is 24.3 Å². The first kappa shape index (κ1) is 10.5. The molecule has 1 amide bonds. The Balaban J connectivity index is 2.28. The summed E-state index contributed by atoms with van der Waals surface area (Å²) < 4.78 is 7.61. The maximum Gasteiger partial charge on any atom is 0.231 e. The third-order valence-corrected chi connectivity index (χ3v) is 2.16. The Morgan fingerprint density at radius 2 is 2.13 bits per heavy atom. The van der Waals surface area contributed by atoms with E-state index >= 15 is 0 Å². The van der Waals surface area contributed by atoms with Gasteiger partial charge in [0.05, 0.1) is 6.54 Å². The summed E-state index contributed by atoms with van der Waals surface area (Å²) in [6.07, 6.45) is 1.41. The van der Waals surface area contributed by atoms with Gasteiger partial charge in [0, 0.05) is 6.39 Å². The highest BCUT2D eigenvalue weighted by Crippen LogP contribution is 2.10. The van der Waals surface area contributed by atoms with E-state index in [1.165, 1.54) is 0 Å². The fourth-order valence-electron chi connectivity index (χ4n) is 1.16. The van der Waals surface area contributed by atoms with Gasteiger partial charge < -0.3 is 11.1 Å². The maximum absolute atomic E-state index is 10.5. The summed E-state index contributed by atoms with van der Waals surface area (Å²) in [5.74, 6) is -0.441. The number of halogens is 1. The highest BCUT2D eigenvalue weighted by molar-refractivity contribution is 6.30. The number of hydrogen-bond donors (Lipinski definition) is 2. The number of nitrogens with two attached hydrogens (primary N) is 1. The van der Waals surface area contributed by atoms with Crippen molar-refractivity contribution in [2.24, 2.45) is 5.73 Å². The summed E-state index contributed by atoms with van der Waals surface area (Å²) in [5, 5.41) is 3.44. The SMILES string of the molecule is [2H][C@H](CCc1ccc(Cl)cc1)NCC(N)=O. The monoisotopic (exact) mass is 227 g/mol. The number of carbonyl (C=O) groups excluding carboxylic acids is 1. The number of primary amides is 1. The summed E-state index contributed by atoms with van der Waals surface area (Å²) >= 11 is 5.76. The Morgan fingerprint density at radius 1 is 1.47 bits per heavy atom. The van der Waals surface area contributed by atoms with E-state index < -0.39 is 12.4 Å². The van der Waals surface area contributed by atoms with Crippen LogP contribution in [0.5, 0.6) is 0 Å². The van der Waals surface area contributed by atoms with Gasteiger partial charge in [0.15, 0.2) is 0 Å². The number of rotatable bonds is 6. The number of nitrogens with one attached hydrogen (secondary N) is 1. The minimum absolute atomic E-state index is 0.0504. The van der Waals surface area contributed by atoms with Gasteiger partial charge in [-0.1, -0.05) is 23.7 Å². The van der Waals surface area contributed by atoms with Gasteiger partial charge in [-0.15, -0.1) is 0 Å². The lowest BCUT2D eigenvalue weighted by molar-refractivity contribution is -0.117. The van der Waals surface area contributed by atoms with Gasteiger partial charge in [-0.3, -0.25) is 4.79 Å². The third kappa shape index (κ3) is 5.40. The van der Waals surface area contributed by atoms with Crippen molar-refractivity contribution >= 4 is 17.5 Å². The molecule has 15 heavy (non-hydrogen) atoms. The summed E-state index contributed by atoms with van der Waals surface area (Å²) in [6, 6.07) is 7.52. The molecule has 4 heteroatoms. The fourth-order valence-corrected chi connectivity index (χ4v) is 1.29. The highest BCUT2D eigenvalue weighted by atomic mass is 35.5. The molecule has 1 atom stereocenters. The van der Waals surface area contributed by atoms with Gasteiger partial charge in [0.1, 0.15) is 0 Å². The summed E-state index contributed by atoms with van der Waals surface area (Å²) in [6.45, 7) is -0.419. The van der Waals surface area contributed by atoms with Crippen LogP contribution in [0.3, 0.4) is 0 Å². The maximum atomic E-state index is 10.5.